The highest BCUT2D eigenvalue weighted by atomic mass is 16.7. The van der Waals surface area contributed by atoms with Crippen LogP contribution < -0.4 is 5.11 Å². The molecule has 0 aliphatic rings. The molecule has 0 radical (unpaired) electrons. The maximum Gasteiger partial charge on any atom is 0.306 e. The summed E-state index contributed by atoms with van der Waals surface area (Å²) >= 11 is 0. The van der Waals surface area contributed by atoms with Gasteiger partial charge < -0.3 is 33.3 Å². The zero-order chi connectivity index (χ0) is 60.5. The minimum Gasteiger partial charge on any atom is -0.545 e. The molecule has 2 unspecified atom stereocenters. The Morgan fingerprint density at radius 2 is 0.699 bits per heavy atom. The van der Waals surface area contributed by atoms with Gasteiger partial charge in [0.15, 0.2) is 12.4 Å². The number of carbonyl (C=O) groups is 3. The zero-order valence-electron chi connectivity index (χ0n) is 54.0. The minimum absolute atomic E-state index is 0.131. The summed E-state index contributed by atoms with van der Waals surface area (Å²) in [5, 5.41) is 11.8. The number of likely N-dealkylation sites (N-methyl/N-ethyl adjacent to an activating group) is 1. The number of carbonyl (C=O) groups excluding carboxylic acids is 3. The van der Waals surface area contributed by atoms with Crippen LogP contribution >= 0.6 is 0 Å². The summed E-state index contributed by atoms with van der Waals surface area (Å²) in [5.41, 5.74) is 0. The summed E-state index contributed by atoms with van der Waals surface area (Å²) in [5.74, 6) is -2.37. The van der Waals surface area contributed by atoms with E-state index in [9.17, 15) is 19.5 Å². The first-order valence-electron chi connectivity index (χ1n) is 33.7. The number of carboxylic acid groups (broad SMARTS) is 1. The lowest BCUT2D eigenvalue weighted by Crippen LogP contribution is -2.44. The molecule has 0 aliphatic carbocycles. The molecule has 0 heterocycles. The minimum atomic E-state index is -1.64. The van der Waals surface area contributed by atoms with Gasteiger partial charge in [0.05, 0.1) is 40.3 Å². The van der Waals surface area contributed by atoms with Gasteiger partial charge >= 0.3 is 11.9 Å². The second kappa shape index (κ2) is 63.7. The van der Waals surface area contributed by atoms with E-state index in [0.29, 0.717) is 23.9 Å². The van der Waals surface area contributed by atoms with E-state index in [0.717, 1.165) is 77.0 Å². The number of hydrogen-bond acceptors (Lipinski definition) is 8. The Labute approximate surface area is 510 Å². The summed E-state index contributed by atoms with van der Waals surface area (Å²) in [6.07, 6.45) is 87.1. The van der Waals surface area contributed by atoms with Crippen LogP contribution in [0, 0.1) is 0 Å². The lowest BCUT2D eigenvalue weighted by molar-refractivity contribution is -0.870. The van der Waals surface area contributed by atoms with Crippen LogP contribution in [0.2, 0.25) is 0 Å². The van der Waals surface area contributed by atoms with Gasteiger partial charge in [0.1, 0.15) is 13.2 Å². The lowest BCUT2D eigenvalue weighted by Gasteiger charge is -2.26. The van der Waals surface area contributed by atoms with E-state index in [1.165, 1.54) is 154 Å². The monoisotopic (exact) mass is 1160 g/mol. The molecule has 83 heavy (non-hydrogen) atoms. The molecule has 0 saturated carbocycles. The van der Waals surface area contributed by atoms with Crippen molar-refractivity contribution >= 4 is 17.9 Å². The summed E-state index contributed by atoms with van der Waals surface area (Å²) in [4.78, 5) is 37.4. The Morgan fingerprint density at radius 1 is 0.373 bits per heavy atom. The Morgan fingerprint density at radius 3 is 1.07 bits per heavy atom. The fourth-order valence-corrected chi connectivity index (χ4v) is 9.06. The number of nitrogens with zero attached hydrogens (tertiary/aromatic N) is 1. The molecule has 0 bridgehead atoms. The Hall–Kier alpha value is -4.31. The SMILES string of the molecule is CC/C=C\C/C=C\C/C=C\C/C=C\C/C=C\C/C=C\C/C=C\C/C=C\C/C=C\CCCC(=O)OC(COC(=O)CCCCCCCCCCCCCCCCCCC/C=C\CCCCCCCCCC)COC(OCC[N+](C)(C)C)C(=O)[O-]. The molecule has 9 heteroatoms. The highest BCUT2D eigenvalue weighted by Gasteiger charge is 2.22. The molecule has 0 fully saturated rings. The smallest absolute Gasteiger partial charge is 0.306 e. The van der Waals surface area contributed by atoms with Crippen LogP contribution in [-0.2, 0) is 33.3 Å². The highest BCUT2D eigenvalue weighted by Crippen LogP contribution is 2.16. The molecule has 9 nitrogen and oxygen atoms in total. The average molecular weight is 1160 g/mol. The molecule has 0 aromatic rings. The van der Waals surface area contributed by atoms with E-state index in [1.54, 1.807) is 0 Å². The van der Waals surface area contributed by atoms with Gasteiger partial charge in [0.2, 0.25) is 0 Å². The number of esters is 2. The van der Waals surface area contributed by atoms with E-state index in [2.05, 4.69) is 135 Å². The van der Waals surface area contributed by atoms with Crippen molar-refractivity contribution in [1.29, 1.82) is 0 Å². The maximum absolute atomic E-state index is 12.9. The third-order valence-corrected chi connectivity index (χ3v) is 14.2. The third kappa shape index (κ3) is 65.1. The Kier molecular flexibility index (Phi) is 60.4. The van der Waals surface area contributed by atoms with Crippen LogP contribution in [0.5, 0.6) is 0 Å². The van der Waals surface area contributed by atoms with Crippen LogP contribution in [0.25, 0.3) is 0 Å². The number of rotatable bonds is 61. The largest absolute Gasteiger partial charge is 0.545 e. The van der Waals surface area contributed by atoms with Crippen molar-refractivity contribution in [3.8, 4) is 0 Å². The van der Waals surface area contributed by atoms with Crippen molar-refractivity contribution in [2.24, 2.45) is 0 Å². The standard InChI is InChI=1S/C74H125NO8/c1-6-8-10-12-14-16-18-20-22-24-26-28-30-32-34-36-38-40-42-44-46-48-50-52-54-56-58-60-62-64-71(76)81-68-70(69-82-74(73(78)79)80-67-66-75(3,4)5)83-72(77)65-63-61-59-57-55-53-51-49-47-45-43-41-39-37-35-33-31-29-27-25-23-21-19-17-15-13-11-9-7-2/h9,11,15,17,21,23-24,26-27,29,33,35,39,41,45,47,51,53,57,59,70,74H,6-8,10,12-14,16,18-20,22,25,28,30-32,34,36-38,40,42-44,46,48-50,52,54-56,58,60-69H2,1-5H3/b11-9-,17-15-,23-21-,26-24-,29-27-,35-33-,41-39-,47-45-,53-51-,59-57-. The van der Waals surface area contributed by atoms with Crippen molar-refractivity contribution in [3.63, 3.8) is 0 Å². The molecule has 0 saturated heterocycles. The van der Waals surface area contributed by atoms with Crippen molar-refractivity contribution in [1.82, 2.24) is 0 Å². The van der Waals surface area contributed by atoms with E-state index >= 15 is 0 Å². The van der Waals surface area contributed by atoms with Crippen LogP contribution in [0.3, 0.4) is 0 Å². The average Bonchev–Trinajstić information content (AvgIpc) is 3.46. The highest BCUT2D eigenvalue weighted by molar-refractivity contribution is 5.70. The Balaban J connectivity index is 4.26. The van der Waals surface area contributed by atoms with Crippen molar-refractivity contribution in [3.05, 3.63) is 122 Å². The van der Waals surface area contributed by atoms with Crippen LogP contribution in [-0.4, -0.2) is 82.3 Å². The second-order valence-electron chi connectivity index (χ2n) is 23.4. The molecule has 2 atom stereocenters. The number of hydrogen-bond donors (Lipinski definition) is 0. The van der Waals surface area contributed by atoms with Gasteiger partial charge in [-0.2, -0.15) is 0 Å². The van der Waals surface area contributed by atoms with E-state index in [4.69, 9.17) is 18.9 Å². The molecular weight excluding hydrogens is 1030 g/mol. The van der Waals surface area contributed by atoms with E-state index in [-0.39, 0.29) is 38.6 Å². The summed E-state index contributed by atoms with van der Waals surface area (Å²) in [7, 11) is 5.90. The normalized spacial score (nSPS) is 13.5. The number of quaternary nitrogens is 1. The van der Waals surface area contributed by atoms with Gasteiger partial charge in [0.25, 0.3) is 0 Å². The first-order chi connectivity index (χ1) is 40.6. The van der Waals surface area contributed by atoms with Gasteiger partial charge in [-0.15, -0.1) is 0 Å². The zero-order valence-corrected chi connectivity index (χ0v) is 54.0. The van der Waals surface area contributed by atoms with E-state index < -0.39 is 24.3 Å². The number of ether oxygens (including phenoxy) is 4. The third-order valence-electron chi connectivity index (χ3n) is 14.2. The fraction of sp³-hybridized carbons (Fsp3) is 0.689. The second-order valence-corrected chi connectivity index (χ2v) is 23.4. The first-order valence-corrected chi connectivity index (χ1v) is 33.7. The topological polar surface area (TPSA) is 111 Å². The molecule has 474 valence electrons. The van der Waals surface area contributed by atoms with Crippen LogP contribution in [0.4, 0.5) is 0 Å². The molecular formula is C74H125NO8. The molecule has 0 N–H and O–H groups in total. The number of aliphatic carboxylic acids is 1. The van der Waals surface area contributed by atoms with Gasteiger partial charge in [-0.3, -0.25) is 9.59 Å². The number of unbranched alkanes of at least 4 members (excludes halogenated alkanes) is 26. The molecule has 0 aliphatic heterocycles. The molecule has 0 spiro atoms. The molecule has 0 aromatic carbocycles. The number of carboxylic acids is 1. The van der Waals surface area contributed by atoms with Gasteiger partial charge in [-0.25, -0.2) is 0 Å². The predicted octanol–water partition coefficient (Wildman–Crippen LogP) is 19.5. The molecule has 0 amide bonds. The quantitative estimate of drug-likeness (QED) is 0.0195. The summed E-state index contributed by atoms with van der Waals surface area (Å²) in [6, 6.07) is 0. The van der Waals surface area contributed by atoms with Gasteiger partial charge in [-0.05, 0) is 103 Å². The first kappa shape index (κ1) is 78.7. The van der Waals surface area contributed by atoms with Crippen LogP contribution in [0.15, 0.2) is 122 Å². The Bertz CT molecular complexity index is 1780. The van der Waals surface area contributed by atoms with Gasteiger partial charge in [0, 0.05) is 12.8 Å². The van der Waals surface area contributed by atoms with Crippen molar-refractivity contribution in [2.45, 2.75) is 283 Å². The molecule has 0 rings (SSSR count). The maximum atomic E-state index is 12.9. The van der Waals surface area contributed by atoms with Gasteiger partial charge in [-0.1, -0.05) is 277 Å². The summed E-state index contributed by atoms with van der Waals surface area (Å²) in [6.45, 7) is 4.58. The van der Waals surface area contributed by atoms with Crippen molar-refractivity contribution in [2.75, 3.05) is 47.5 Å². The van der Waals surface area contributed by atoms with Crippen LogP contribution in [0.1, 0.15) is 271 Å². The van der Waals surface area contributed by atoms with E-state index in [1.807, 2.05) is 21.1 Å². The predicted molar refractivity (Wildman–Crippen MR) is 352 cm³/mol. The fourth-order valence-electron chi connectivity index (χ4n) is 9.06. The number of allylic oxidation sites excluding steroid dienone is 20. The molecule has 0 aromatic heterocycles. The van der Waals surface area contributed by atoms with Crippen molar-refractivity contribution < 1.29 is 42.9 Å². The summed E-state index contributed by atoms with van der Waals surface area (Å²) < 4.78 is 22.7. The lowest BCUT2D eigenvalue weighted by atomic mass is 10.0.